The number of halogens is 1. The number of rotatable bonds is 7. The van der Waals surface area contributed by atoms with E-state index < -0.39 is 26.6 Å². The molecule has 2 aromatic carbocycles. The molecule has 0 unspecified atom stereocenters. The number of hydrogen-bond acceptors (Lipinski definition) is 5. The van der Waals surface area contributed by atoms with E-state index in [-0.39, 0.29) is 11.7 Å². The quantitative estimate of drug-likeness (QED) is 0.576. The van der Waals surface area contributed by atoms with Crippen molar-refractivity contribution in [2.75, 3.05) is 6.54 Å². The van der Waals surface area contributed by atoms with Gasteiger partial charge in [0.05, 0.1) is 0 Å². The Balaban J connectivity index is 1.76. The van der Waals surface area contributed by atoms with Crippen LogP contribution in [-0.4, -0.2) is 26.8 Å². The average Bonchev–Trinajstić information content (AvgIpc) is 3.11. The molecule has 3 rings (SSSR count). The van der Waals surface area contributed by atoms with E-state index in [4.69, 9.17) is 4.42 Å². The summed E-state index contributed by atoms with van der Waals surface area (Å²) in [6, 6.07) is 11.3. The number of nitrogens with one attached hydrogen (secondary N) is 2. The fourth-order valence-corrected chi connectivity index (χ4v) is 3.67. The first kappa shape index (κ1) is 20.3. The van der Waals surface area contributed by atoms with Gasteiger partial charge in [-0.1, -0.05) is 30.8 Å². The summed E-state index contributed by atoms with van der Waals surface area (Å²) in [5.74, 6) is -2.48. The summed E-state index contributed by atoms with van der Waals surface area (Å²) in [5, 5.41) is 3.24. The molecule has 0 aliphatic heterocycles. The molecular weight excluding hydrogens is 399 g/mol. The Morgan fingerprint density at radius 3 is 2.62 bits per heavy atom. The van der Waals surface area contributed by atoms with Gasteiger partial charge < -0.3 is 9.73 Å². The first-order chi connectivity index (χ1) is 13.8. The number of fused-ring (bicyclic) bond motifs is 1. The van der Waals surface area contributed by atoms with E-state index in [1.54, 1.807) is 22.9 Å². The van der Waals surface area contributed by atoms with Crippen molar-refractivity contribution in [2.45, 2.75) is 11.3 Å². The molecule has 0 saturated heterocycles. The van der Waals surface area contributed by atoms with Crippen molar-refractivity contribution in [2.24, 2.45) is 0 Å². The molecule has 7 nitrogen and oxygen atoms in total. The van der Waals surface area contributed by atoms with Crippen molar-refractivity contribution in [3.05, 3.63) is 78.3 Å². The summed E-state index contributed by atoms with van der Waals surface area (Å²) in [4.78, 5) is 22.9. The van der Waals surface area contributed by atoms with E-state index in [0.717, 1.165) is 17.7 Å². The molecule has 3 aromatic rings. The Morgan fingerprint density at radius 2 is 1.90 bits per heavy atom. The predicted octanol–water partition coefficient (Wildman–Crippen LogP) is 2.54. The van der Waals surface area contributed by atoms with Gasteiger partial charge >= 0.3 is 5.91 Å². The second-order valence-corrected chi connectivity index (χ2v) is 7.74. The lowest BCUT2D eigenvalue weighted by Crippen LogP contribution is -2.30. The van der Waals surface area contributed by atoms with Gasteiger partial charge in [0, 0.05) is 11.9 Å². The molecule has 29 heavy (non-hydrogen) atoms. The van der Waals surface area contributed by atoms with Crippen LogP contribution in [-0.2, 0) is 21.2 Å². The van der Waals surface area contributed by atoms with E-state index >= 15 is 0 Å². The topological polar surface area (TPSA) is 105 Å². The van der Waals surface area contributed by atoms with Crippen molar-refractivity contribution in [1.82, 2.24) is 10.0 Å². The number of sulfonamides is 1. The molecule has 9 heteroatoms. The fraction of sp³-hybridized carbons (Fsp3) is 0.100. The minimum Gasteiger partial charge on any atom is -0.451 e. The van der Waals surface area contributed by atoms with Gasteiger partial charge in [-0.3, -0.25) is 9.59 Å². The van der Waals surface area contributed by atoms with Crippen molar-refractivity contribution in [1.29, 1.82) is 0 Å². The third-order valence-corrected chi connectivity index (χ3v) is 5.42. The van der Waals surface area contributed by atoms with E-state index in [1.807, 2.05) is 0 Å². The standard InChI is InChI=1S/C20H17FN2O5S/c1-2-19(24)22-10-9-13-7-8-14-12-17(28-16(14)11-13)20(25)23-29(26,27)18-6-4-3-5-15(18)21/h2-8,11-12H,1,9-10H2,(H,22,24)(H,23,25). The molecule has 0 fully saturated rings. The van der Waals surface area contributed by atoms with Crippen molar-refractivity contribution >= 4 is 32.8 Å². The summed E-state index contributed by atoms with van der Waals surface area (Å²) in [6.45, 7) is 3.76. The molecule has 0 spiro atoms. The molecule has 2 amide bonds. The minimum atomic E-state index is -4.39. The zero-order valence-electron chi connectivity index (χ0n) is 15.1. The maximum Gasteiger partial charge on any atom is 0.300 e. The zero-order valence-corrected chi connectivity index (χ0v) is 16.0. The van der Waals surface area contributed by atoms with Crippen LogP contribution < -0.4 is 10.0 Å². The van der Waals surface area contributed by atoms with Crippen LogP contribution in [0.5, 0.6) is 0 Å². The fourth-order valence-electron chi connectivity index (χ4n) is 2.64. The van der Waals surface area contributed by atoms with Gasteiger partial charge in [-0.25, -0.2) is 17.5 Å². The number of carbonyl (C=O) groups is 2. The van der Waals surface area contributed by atoms with E-state index in [1.165, 1.54) is 24.3 Å². The maximum atomic E-state index is 13.7. The highest BCUT2D eigenvalue weighted by molar-refractivity contribution is 7.90. The SMILES string of the molecule is C=CC(=O)NCCc1ccc2cc(C(=O)NS(=O)(=O)c3ccccc3F)oc2c1. The van der Waals surface area contributed by atoms with Gasteiger partial charge in [-0.05, 0) is 42.3 Å². The van der Waals surface area contributed by atoms with E-state index in [2.05, 4.69) is 11.9 Å². The van der Waals surface area contributed by atoms with E-state index in [9.17, 15) is 22.4 Å². The highest BCUT2D eigenvalue weighted by atomic mass is 32.2. The molecule has 1 heterocycles. The number of carbonyl (C=O) groups excluding carboxylic acids is 2. The van der Waals surface area contributed by atoms with Crippen LogP contribution in [0.25, 0.3) is 11.0 Å². The van der Waals surface area contributed by atoms with Crippen LogP contribution in [0.1, 0.15) is 16.1 Å². The maximum absolute atomic E-state index is 13.7. The van der Waals surface area contributed by atoms with E-state index in [0.29, 0.717) is 23.9 Å². The van der Waals surface area contributed by atoms with Gasteiger partial charge in [0.15, 0.2) is 5.76 Å². The molecule has 0 aliphatic carbocycles. The Kier molecular flexibility index (Phi) is 5.79. The lowest BCUT2D eigenvalue weighted by molar-refractivity contribution is -0.116. The third kappa shape index (κ3) is 4.69. The first-order valence-corrected chi connectivity index (χ1v) is 10.0. The number of amides is 2. The summed E-state index contributed by atoms with van der Waals surface area (Å²) in [7, 11) is -4.39. The molecule has 0 saturated carbocycles. The highest BCUT2D eigenvalue weighted by Gasteiger charge is 2.24. The van der Waals surface area contributed by atoms with Crippen molar-refractivity contribution in [3.63, 3.8) is 0 Å². The minimum absolute atomic E-state index is 0.225. The van der Waals surface area contributed by atoms with Crippen LogP contribution in [0, 0.1) is 5.82 Å². The van der Waals surface area contributed by atoms with Crippen LogP contribution in [0.2, 0.25) is 0 Å². The summed E-state index contributed by atoms with van der Waals surface area (Å²) >= 11 is 0. The van der Waals surface area contributed by atoms with Crippen LogP contribution >= 0.6 is 0 Å². The Morgan fingerprint density at radius 1 is 1.14 bits per heavy atom. The number of benzene rings is 2. The second-order valence-electron chi connectivity index (χ2n) is 6.09. The summed E-state index contributed by atoms with van der Waals surface area (Å²) in [6.07, 6.45) is 1.70. The molecule has 1 aromatic heterocycles. The van der Waals surface area contributed by atoms with Crippen LogP contribution in [0.4, 0.5) is 4.39 Å². The predicted molar refractivity (Wildman–Crippen MR) is 104 cm³/mol. The molecule has 150 valence electrons. The molecule has 0 bridgehead atoms. The lowest BCUT2D eigenvalue weighted by atomic mass is 10.1. The van der Waals surface area contributed by atoms with Gasteiger partial charge in [0.2, 0.25) is 5.91 Å². The van der Waals surface area contributed by atoms with Crippen molar-refractivity contribution < 1.29 is 26.8 Å². The Bertz CT molecular complexity index is 1200. The smallest absolute Gasteiger partial charge is 0.300 e. The second kappa shape index (κ2) is 8.27. The largest absolute Gasteiger partial charge is 0.451 e. The monoisotopic (exact) mass is 416 g/mol. The molecular formula is C20H17FN2O5S. The third-order valence-electron chi connectivity index (χ3n) is 4.06. The van der Waals surface area contributed by atoms with Crippen LogP contribution in [0.3, 0.4) is 0 Å². The average molecular weight is 416 g/mol. The Hall–Kier alpha value is -3.46. The van der Waals surface area contributed by atoms with Gasteiger partial charge in [0.1, 0.15) is 16.3 Å². The Labute approximate surface area is 166 Å². The molecule has 0 aliphatic rings. The summed E-state index contributed by atoms with van der Waals surface area (Å²) in [5.41, 5.74) is 1.23. The lowest BCUT2D eigenvalue weighted by Gasteiger charge is -2.06. The number of hydrogen-bond donors (Lipinski definition) is 2. The molecule has 0 atom stereocenters. The van der Waals surface area contributed by atoms with Gasteiger partial charge in [-0.15, -0.1) is 0 Å². The van der Waals surface area contributed by atoms with Gasteiger partial charge in [-0.2, -0.15) is 0 Å². The van der Waals surface area contributed by atoms with Crippen molar-refractivity contribution in [3.8, 4) is 0 Å². The van der Waals surface area contributed by atoms with Crippen LogP contribution in [0.15, 0.2) is 70.5 Å². The first-order valence-electron chi connectivity index (χ1n) is 8.54. The molecule has 0 radical (unpaired) electrons. The normalized spacial score (nSPS) is 11.2. The number of furan rings is 1. The zero-order chi connectivity index (χ0) is 21.0. The molecule has 2 N–H and O–H groups in total. The highest BCUT2D eigenvalue weighted by Crippen LogP contribution is 2.22. The van der Waals surface area contributed by atoms with Gasteiger partial charge in [0.25, 0.3) is 10.0 Å². The summed E-state index contributed by atoms with van der Waals surface area (Å²) < 4.78 is 45.5.